The normalized spacial score (nSPS) is 19.3. The van der Waals surface area contributed by atoms with Crippen molar-refractivity contribution in [2.75, 3.05) is 18.9 Å². The van der Waals surface area contributed by atoms with Gasteiger partial charge >= 0.3 is 0 Å². The minimum Gasteiger partial charge on any atom is -0.399 e. The lowest BCUT2D eigenvalue weighted by Crippen LogP contribution is -2.35. The third-order valence-electron chi connectivity index (χ3n) is 2.79. The highest BCUT2D eigenvalue weighted by molar-refractivity contribution is 5.95. The van der Waals surface area contributed by atoms with Crippen LogP contribution in [0.1, 0.15) is 22.3 Å². The SMILES string of the molecule is Cc1cc(N)cc(C(=O)NC2CCOC2)c1F. The number of amides is 1. The summed E-state index contributed by atoms with van der Waals surface area (Å²) >= 11 is 0. The lowest BCUT2D eigenvalue weighted by Gasteiger charge is -2.12. The first-order valence-corrected chi connectivity index (χ1v) is 5.52. The van der Waals surface area contributed by atoms with E-state index >= 15 is 0 Å². The molecule has 1 aromatic rings. The lowest BCUT2D eigenvalue weighted by atomic mass is 10.1. The van der Waals surface area contributed by atoms with Gasteiger partial charge in [0.25, 0.3) is 5.91 Å². The largest absolute Gasteiger partial charge is 0.399 e. The molecule has 5 heteroatoms. The van der Waals surface area contributed by atoms with E-state index < -0.39 is 11.7 Å². The van der Waals surface area contributed by atoms with Gasteiger partial charge in [-0.1, -0.05) is 0 Å². The van der Waals surface area contributed by atoms with Crippen LogP contribution in [0.5, 0.6) is 0 Å². The number of benzene rings is 1. The number of carbonyl (C=O) groups excluding carboxylic acids is 1. The fourth-order valence-corrected chi connectivity index (χ4v) is 1.87. The van der Waals surface area contributed by atoms with Crippen LogP contribution in [0.3, 0.4) is 0 Å². The number of carbonyl (C=O) groups is 1. The maximum absolute atomic E-state index is 13.8. The fourth-order valence-electron chi connectivity index (χ4n) is 1.87. The average Bonchev–Trinajstić information content (AvgIpc) is 2.76. The molecule has 1 fully saturated rings. The number of halogens is 1. The molecule has 92 valence electrons. The van der Waals surface area contributed by atoms with Crippen LogP contribution in [-0.2, 0) is 4.74 Å². The Morgan fingerprint density at radius 2 is 2.35 bits per heavy atom. The molecular formula is C12H15FN2O2. The minimum absolute atomic E-state index is 0.00519. The number of rotatable bonds is 2. The first-order chi connectivity index (χ1) is 8.08. The van der Waals surface area contributed by atoms with Gasteiger partial charge < -0.3 is 15.8 Å². The van der Waals surface area contributed by atoms with Crippen LogP contribution in [0.4, 0.5) is 10.1 Å². The highest BCUT2D eigenvalue weighted by Gasteiger charge is 2.21. The number of ether oxygens (including phenoxy) is 1. The number of hydrogen-bond acceptors (Lipinski definition) is 3. The Hall–Kier alpha value is -1.62. The van der Waals surface area contributed by atoms with E-state index in [0.717, 1.165) is 6.42 Å². The summed E-state index contributed by atoms with van der Waals surface area (Å²) in [5.74, 6) is -0.955. The summed E-state index contributed by atoms with van der Waals surface area (Å²) in [5.41, 5.74) is 6.36. The molecule has 0 spiro atoms. The molecule has 0 aliphatic carbocycles. The molecule has 1 aromatic carbocycles. The monoisotopic (exact) mass is 238 g/mol. The van der Waals surface area contributed by atoms with Crippen LogP contribution in [0.2, 0.25) is 0 Å². The van der Waals surface area contributed by atoms with Crippen molar-refractivity contribution >= 4 is 11.6 Å². The van der Waals surface area contributed by atoms with Crippen LogP contribution >= 0.6 is 0 Å². The van der Waals surface area contributed by atoms with Crippen LogP contribution in [0.25, 0.3) is 0 Å². The van der Waals surface area contributed by atoms with Crippen molar-refractivity contribution in [3.63, 3.8) is 0 Å². The van der Waals surface area contributed by atoms with Gasteiger partial charge in [0.1, 0.15) is 5.82 Å². The van der Waals surface area contributed by atoms with Gasteiger partial charge in [0.2, 0.25) is 0 Å². The Kier molecular flexibility index (Phi) is 3.28. The van der Waals surface area contributed by atoms with Crippen molar-refractivity contribution in [1.82, 2.24) is 5.32 Å². The van der Waals surface area contributed by atoms with Crippen molar-refractivity contribution in [3.05, 3.63) is 29.1 Å². The molecule has 0 saturated carbocycles. The molecule has 1 unspecified atom stereocenters. The highest BCUT2D eigenvalue weighted by Crippen LogP contribution is 2.17. The maximum Gasteiger partial charge on any atom is 0.254 e. The third kappa shape index (κ3) is 2.55. The van der Waals surface area contributed by atoms with E-state index in [-0.39, 0.29) is 11.6 Å². The molecule has 4 nitrogen and oxygen atoms in total. The molecule has 2 rings (SSSR count). The smallest absolute Gasteiger partial charge is 0.254 e. The van der Waals surface area contributed by atoms with Crippen LogP contribution < -0.4 is 11.1 Å². The van der Waals surface area contributed by atoms with Crippen molar-refractivity contribution in [2.45, 2.75) is 19.4 Å². The Bertz CT molecular complexity index is 442. The molecule has 17 heavy (non-hydrogen) atoms. The second-order valence-corrected chi connectivity index (χ2v) is 4.23. The molecule has 1 saturated heterocycles. The summed E-state index contributed by atoms with van der Waals surface area (Å²) in [5, 5.41) is 2.73. The van der Waals surface area contributed by atoms with E-state index in [1.54, 1.807) is 6.92 Å². The van der Waals surface area contributed by atoms with Crippen molar-refractivity contribution in [2.24, 2.45) is 0 Å². The van der Waals surface area contributed by atoms with Gasteiger partial charge in [-0.3, -0.25) is 4.79 Å². The summed E-state index contributed by atoms with van der Waals surface area (Å²) < 4.78 is 18.9. The summed E-state index contributed by atoms with van der Waals surface area (Å²) in [6, 6.07) is 2.82. The topological polar surface area (TPSA) is 64.4 Å². The highest BCUT2D eigenvalue weighted by atomic mass is 19.1. The van der Waals surface area contributed by atoms with Gasteiger partial charge in [-0.15, -0.1) is 0 Å². The summed E-state index contributed by atoms with van der Waals surface area (Å²) in [6.07, 6.45) is 0.759. The van der Waals surface area contributed by atoms with Crippen molar-refractivity contribution in [3.8, 4) is 0 Å². The Labute approximate surface area is 98.9 Å². The molecule has 0 bridgehead atoms. The predicted octanol–water partition coefficient (Wildman–Crippen LogP) is 1.24. The Morgan fingerprint density at radius 1 is 1.59 bits per heavy atom. The van der Waals surface area contributed by atoms with Crippen LogP contribution in [0, 0.1) is 12.7 Å². The van der Waals surface area contributed by atoms with Crippen LogP contribution in [-0.4, -0.2) is 25.2 Å². The summed E-state index contributed by atoms with van der Waals surface area (Å²) in [7, 11) is 0. The average molecular weight is 238 g/mol. The first-order valence-electron chi connectivity index (χ1n) is 5.52. The van der Waals surface area contributed by atoms with E-state index in [4.69, 9.17) is 10.5 Å². The minimum atomic E-state index is -0.518. The molecule has 0 aromatic heterocycles. The lowest BCUT2D eigenvalue weighted by molar-refractivity contribution is 0.0925. The molecule has 1 atom stereocenters. The summed E-state index contributed by atoms with van der Waals surface area (Å²) in [6.45, 7) is 2.69. The number of hydrogen-bond donors (Lipinski definition) is 2. The number of anilines is 1. The second-order valence-electron chi connectivity index (χ2n) is 4.23. The number of nitrogen functional groups attached to an aromatic ring is 1. The maximum atomic E-state index is 13.8. The summed E-state index contributed by atoms with van der Waals surface area (Å²) in [4.78, 5) is 11.9. The third-order valence-corrected chi connectivity index (χ3v) is 2.79. The Balaban J connectivity index is 2.18. The molecule has 1 amide bonds. The fraction of sp³-hybridized carbons (Fsp3) is 0.417. The standard InChI is InChI=1S/C12H15FN2O2/c1-7-4-8(14)5-10(11(7)13)12(16)15-9-2-3-17-6-9/h4-5,9H,2-3,6,14H2,1H3,(H,15,16). The number of aryl methyl sites for hydroxylation is 1. The van der Waals surface area contributed by atoms with Gasteiger partial charge in [0, 0.05) is 12.3 Å². The van der Waals surface area contributed by atoms with E-state index in [2.05, 4.69) is 5.32 Å². The van der Waals surface area contributed by atoms with E-state index in [9.17, 15) is 9.18 Å². The number of nitrogens with two attached hydrogens (primary N) is 1. The zero-order valence-electron chi connectivity index (χ0n) is 9.63. The zero-order valence-corrected chi connectivity index (χ0v) is 9.63. The Morgan fingerprint density at radius 3 is 3.00 bits per heavy atom. The molecule has 1 heterocycles. The second kappa shape index (κ2) is 4.71. The van der Waals surface area contributed by atoms with Gasteiger partial charge in [-0.2, -0.15) is 0 Å². The molecular weight excluding hydrogens is 223 g/mol. The van der Waals surface area contributed by atoms with Gasteiger partial charge in [0.15, 0.2) is 0 Å². The van der Waals surface area contributed by atoms with Gasteiger partial charge in [0.05, 0.1) is 18.2 Å². The first kappa shape index (κ1) is 11.9. The zero-order chi connectivity index (χ0) is 12.4. The predicted molar refractivity (Wildman–Crippen MR) is 62.2 cm³/mol. The molecule has 1 aliphatic rings. The van der Waals surface area contributed by atoms with Gasteiger partial charge in [-0.05, 0) is 31.0 Å². The van der Waals surface area contributed by atoms with Crippen molar-refractivity contribution < 1.29 is 13.9 Å². The molecule has 0 radical (unpaired) electrons. The van der Waals surface area contributed by atoms with Gasteiger partial charge in [-0.25, -0.2) is 4.39 Å². The quantitative estimate of drug-likeness (QED) is 0.762. The van der Waals surface area contributed by atoms with E-state index in [1.807, 2.05) is 0 Å². The van der Waals surface area contributed by atoms with E-state index in [0.29, 0.717) is 24.5 Å². The molecule has 3 N–H and O–H groups in total. The van der Waals surface area contributed by atoms with Crippen molar-refractivity contribution in [1.29, 1.82) is 0 Å². The number of nitrogens with one attached hydrogen (secondary N) is 1. The van der Waals surface area contributed by atoms with Crippen LogP contribution in [0.15, 0.2) is 12.1 Å². The molecule has 1 aliphatic heterocycles. The van der Waals surface area contributed by atoms with E-state index in [1.165, 1.54) is 12.1 Å².